The summed E-state index contributed by atoms with van der Waals surface area (Å²) < 4.78 is 158. The molecular formula is C17H14F12O2Si. The maximum atomic E-state index is 13.2. The molecule has 0 heterocycles. The van der Waals surface area contributed by atoms with Crippen molar-refractivity contribution in [2.45, 2.75) is 55.5 Å². The first-order valence-electron chi connectivity index (χ1n) is 8.20. The number of halogens is 12. The molecule has 0 unspecified atom stereocenters. The van der Waals surface area contributed by atoms with Crippen molar-refractivity contribution < 1.29 is 62.9 Å². The highest BCUT2D eigenvalue weighted by molar-refractivity contribution is 6.83. The van der Waals surface area contributed by atoms with Gasteiger partial charge in [0.25, 0.3) is 11.2 Å². The number of rotatable bonds is 2. The number of benzene rings is 1. The van der Waals surface area contributed by atoms with Gasteiger partial charge >= 0.3 is 24.7 Å². The molecule has 2 nitrogen and oxygen atoms in total. The molecule has 0 saturated carbocycles. The Morgan fingerprint density at radius 1 is 0.594 bits per heavy atom. The molecule has 0 saturated heterocycles. The van der Waals surface area contributed by atoms with Gasteiger partial charge in [-0.05, 0) is 18.2 Å². The molecule has 0 bridgehead atoms. The van der Waals surface area contributed by atoms with Gasteiger partial charge in [0.05, 0.1) is 0 Å². The van der Waals surface area contributed by atoms with Crippen LogP contribution in [0.15, 0.2) is 18.2 Å². The molecule has 0 spiro atoms. The Balaban J connectivity index is 4.19. The van der Waals surface area contributed by atoms with Crippen molar-refractivity contribution in [3.63, 3.8) is 0 Å². The van der Waals surface area contributed by atoms with Gasteiger partial charge in [-0.3, -0.25) is 0 Å². The zero-order valence-corrected chi connectivity index (χ0v) is 17.2. The highest BCUT2D eigenvalue weighted by atomic mass is 28.3. The summed E-state index contributed by atoms with van der Waals surface area (Å²) in [5.74, 6) is 1.94. The molecule has 0 atom stereocenters. The van der Waals surface area contributed by atoms with Gasteiger partial charge < -0.3 is 10.2 Å². The maximum absolute atomic E-state index is 13.2. The van der Waals surface area contributed by atoms with Crippen molar-refractivity contribution in [2.75, 3.05) is 0 Å². The molecule has 0 aliphatic heterocycles. The summed E-state index contributed by atoms with van der Waals surface area (Å²) in [6, 6.07) is -1.11. The molecule has 1 aromatic carbocycles. The lowest BCUT2D eigenvalue weighted by Gasteiger charge is -2.36. The monoisotopic (exact) mass is 506 g/mol. The summed E-state index contributed by atoms with van der Waals surface area (Å²) in [6.45, 7) is 4.52. The Hall–Kier alpha value is -1.92. The summed E-state index contributed by atoms with van der Waals surface area (Å²) in [7, 11) is -2.49. The van der Waals surface area contributed by atoms with Gasteiger partial charge in [0.15, 0.2) is 0 Å². The summed E-state index contributed by atoms with van der Waals surface area (Å²) in [5, 5.41) is 18.9. The van der Waals surface area contributed by atoms with E-state index in [9.17, 15) is 62.9 Å². The van der Waals surface area contributed by atoms with E-state index in [1.165, 1.54) is 19.6 Å². The van der Waals surface area contributed by atoms with Gasteiger partial charge in [-0.15, -0.1) is 5.54 Å². The molecular weight excluding hydrogens is 492 g/mol. The van der Waals surface area contributed by atoms with Crippen LogP contribution in [0.1, 0.15) is 16.7 Å². The third kappa shape index (κ3) is 5.01. The van der Waals surface area contributed by atoms with E-state index < -0.39 is 66.7 Å². The molecule has 1 aromatic rings. The highest BCUT2D eigenvalue weighted by Crippen LogP contribution is 2.54. The Morgan fingerprint density at radius 2 is 0.875 bits per heavy atom. The number of hydrogen-bond donors (Lipinski definition) is 2. The van der Waals surface area contributed by atoms with Crippen molar-refractivity contribution in [1.82, 2.24) is 0 Å². The van der Waals surface area contributed by atoms with E-state index in [1.807, 2.05) is 5.92 Å². The predicted octanol–water partition coefficient (Wildman–Crippen LogP) is 5.54. The van der Waals surface area contributed by atoms with Gasteiger partial charge in [-0.1, -0.05) is 25.6 Å². The predicted molar refractivity (Wildman–Crippen MR) is 88.7 cm³/mol. The smallest absolute Gasteiger partial charge is 0.369 e. The topological polar surface area (TPSA) is 40.5 Å². The third-order valence-corrected chi connectivity index (χ3v) is 4.87. The van der Waals surface area contributed by atoms with E-state index in [0.29, 0.717) is 0 Å². The SMILES string of the molecule is C[Si](C)(C)C#Cc1cc(C(O)(C(F)(F)F)C(F)(F)F)cc(C(O)(C(F)(F)F)C(F)(F)F)c1. The fraction of sp³-hybridized carbons (Fsp3) is 0.529. The molecule has 2 N–H and O–H groups in total. The average molecular weight is 506 g/mol. The second-order valence-electron chi connectivity index (χ2n) is 7.71. The Kier molecular flexibility index (Phi) is 6.89. The first-order valence-corrected chi connectivity index (χ1v) is 11.7. The van der Waals surface area contributed by atoms with Gasteiger partial charge in [0.2, 0.25) is 0 Å². The van der Waals surface area contributed by atoms with Crippen LogP contribution in [-0.2, 0) is 11.2 Å². The van der Waals surface area contributed by atoms with Crippen molar-refractivity contribution >= 4 is 8.07 Å². The summed E-state index contributed by atoms with van der Waals surface area (Å²) in [6.07, 6.45) is -26.4. The van der Waals surface area contributed by atoms with Crippen LogP contribution < -0.4 is 0 Å². The van der Waals surface area contributed by atoms with Crippen LogP contribution >= 0.6 is 0 Å². The maximum Gasteiger partial charge on any atom is 0.430 e. The van der Waals surface area contributed by atoms with E-state index in [0.717, 1.165) is 0 Å². The lowest BCUT2D eigenvalue weighted by Crippen LogP contribution is -2.55. The minimum Gasteiger partial charge on any atom is -0.369 e. The van der Waals surface area contributed by atoms with Gasteiger partial charge in [-0.25, -0.2) is 0 Å². The fourth-order valence-corrected chi connectivity index (χ4v) is 2.87. The van der Waals surface area contributed by atoms with E-state index in [-0.39, 0.29) is 12.1 Å². The lowest BCUT2D eigenvalue weighted by molar-refractivity contribution is -0.378. The second kappa shape index (κ2) is 7.84. The Morgan fingerprint density at radius 3 is 1.09 bits per heavy atom. The van der Waals surface area contributed by atoms with Crippen molar-refractivity contribution in [1.29, 1.82) is 0 Å². The second-order valence-corrected chi connectivity index (χ2v) is 12.5. The molecule has 32 heavy (non-hydrogen) atoms. The van der Waals surface area contributed by atoms with Crippen molar-refractivity contribution in [3.05, 3.63) is 34.9 Å². The molecule has 0 amide bonds. The molecule has 182 valence electrons. The largest absolute Gasteiger partial charge is 0.430 e. The first kappa shape index (κ1) is 28.1. The molecule has 1 rings (SSSR count). The van der Waals surface area contributed by atoms with E-state index >= 15 is 0 Å². The summed E-state index contributed by atoms with van der Waals surface area (Å²) in [4.78, 5) is 0. The normalized spacial score (nSPS) is 14.8. The minimum atomic E-state index is -6.61. The van der Waals surface area contributed by atoms with Crippen LogP contribution in [0.4, 0.5) is 52.7 Å². The number of aliphatic hydroxyl groups is 2. The molecule has 0 radical (unpaired) electrons. The zero-order valence-electron chi connectivity index (χ0n) is 16.2. The molecule has 0 aliphatic carbocycles. The zero-order chi connectivity index (χ0) is 25.8. The van der Waals surface area contributed by atoms with Crippen LogP contribution in [0, 0.1) is 11.5 Å². The number of hydrogen-bond acceptors (Lipinski definition) is 2. The van der Waals surface area contributed by atoms with Crippen LogP contribution in [0.3, 0.4) is 0 Å². The van der Waals surface area contributed by atoms with E-state index in [4.69, 9.17) is 0 Å². The van der Waals surface area contributed by atoms with E-state index in [2.05, 4.69) is 5.54 Å². The van der Waals surface area contributed by atoms with Crippen LogP contribution in [0.25, 0.3) is 0 Å². The molecule has 0 aliphatic rings. The summed E-state index contributed by atoms with van der Waals surface area (Å²) >= 11 is 0. The minimum absolute atomic E-state index is 0.134. The fourth-order valence-electron chi connectivity index (χ4n) is 2.35. The first-order chi connectivity index (χ1) is 13.8. The van der Waals surface area contributed by atoms with Crippen molar-refractivity contribution in [2.24, 2.45) is 0 Å². The van der Waals surface area contributed by atoms with E-state index in [1.54, 1.807) is 0 Å². The van der Waals surface area contributed by atoms with Crippen molar-refractivity contribution in [3.8, 4) is 11.5 Å². The van der Waals surface area contributed by atoms with Gasteiger partial charge in [0, 0.05) is 16.7 Å². The molecule has 0 fully saturated rings. The molecule has 15 heteroatoms. The quantitative estimate of drug-likeness (QED) is 0.314. The average Bonchev–Trinajstić information content (AvgIpc) is 2.53. The Bertz CT molecular complexity index is 823. The number of alkyl halides is 12. The summed E-state index contributed by atoms with van der Waals surface area (Å²) in [5.41, 5.74) is -15.4. The Labute approximate surface area is 173 Å². The standard InChI is InChI=1S/C17H14F12O2Si/c1-32(2,3)5-4-9-6-10(12(30,14(18,19)20)15(21,22)23)8-11(7-9)13(31,16(24,25)26)17(27,28)29/h6-8,30-31H,1-3H3. The highest BCUT2D eigenvalue weighted by Gasteiger charge is 2.74. The molecule has 0 aromatic heterocycles. The van der Waals surface area contributed by atoms with Gasteiger partial charge in [-0.2, -0.15) is 52.7 Å². The lowest BCUT2D eigenvalue weighted by atomic mass is 9.84. The van der Waals surface area contributed by atoms with Crippen LogP contribution in [0.5, 0.6) is 0 Å². The third-order valence-electron chi connectivity index (χ3n) is 3.99. The van der Waals surface area contributed by atoms with Crippen LogP contribution in [0.2, 0.25) is 19.6 Å². The van der Waals surface area contributed by atoms with Gasteiger partial charge in [0.1, 0.15) is 8.07 Å². The van der Waals surface area contributed by atoms with Crippen LogP contribution in [-0.4, -0.2) is 43.0 Å².